The molecule has 0 atom stereocenters. The molecule has 1 aromatic carbocycles. The summed E-state index contributed by atoms with van der Waals surface area (Å²) in [5.74, 6) is 0.837. The summed E-state index contributed by atoms with van der Waals surface area (Å²) in [5.41, 5.74) is 8.88. The number of hydrogen-bond donors (Lipinski definition) is 1. The molecule has 5 rings (SSSR count). The molecule has 33 heavy (non-hydrogen) atoms. The maximum Gasteiger partial charge on any atom is 0.135 e. The van der Waals surface area contributed by atoms with Crippen LogP contribution in [-0.4, -0.2) is 19.9 Å². The highest BCUT2D eigenvalue weighted by Gasteiger charge is 2.08. The van der Waals surface area contributed by atoms with Crippen LogP contribution in [0.3, 0.4) is 0 Å². The number of fused-ring (bicyclic) bond motifs is 1. The summed E-state index contributed by atoms with van der Waals surface area (Å²) < 4.78 is 0. The average Bonchev–Trinajstić information content (AvgIpc) is 2.82. The molecule has 0 fully saturated rings. The Kier molecular flexibility index (Phi) is 5.53. The monoisotopic (exact) mass is 431 g/mol. The Morgan fingerprint density at radius 2 is 1.42 bits per heavy atom. The first-order valence-electron chi connectivity index (χ1n) is 11.0. The first-order valence-corrected chi connectivity index (χ1v) is 11.0. The molecular formula is C28H25N5. The van der Waals surface area contributed by atoms with Gasteiger partial charge < -0.3 is 5.32 Å². The largest absolute Gasteiger partial charge is 0.365 e. The van der Waals surface area contributed by atoms with Crippen LogP contribution in [0.2, 0.25) is 0 Å². The third-order valence-electron chi connectivity index (χ3n) is 5.80. The number of pyridine rings is 4. The van der Waals surface area contributed by atoms with Crippen molar-refractivity contribution in [1.82, 2.24) is 19.9 Å². The molecular weight excluding hydrogens is 406 g/mol. The second-order valence-electron chi connectivity index (χ2n) is 8.32. The summed E-state index contributed by atoms with van der Waals surface area (Å²) in [6.07, 6.45) is 7.42. The number of aryl methyl sites for hydroxylation is 3. The Bertz CT molecular complexity index is 1460. The van der Waals surface area contributed by atoms with Crippen LogP contribution in [-0.2, 0) is 6.54 Å². The third-order valence-corrected chi connectivity index (χ3v) is 5.80. The standard InChI is InChI=1S/C28H25N5/c1-18-12-21(4-5-25(18)22-6-9-29-19(2)13-22)16-33-28-26-17-32-27(15-23(26)7-11-31-28)24-8-10-30-20(3)14-24/h4-15,17H,16H2,1-3H3,(H,31,33). The van der Waals surface area contributed by atoms with Gasteiger partial charge in [-0.05, 0) is 84.8 Å². The smallest absolute Gasteiger partial charge is 0.135 e. The minimum Gasteiger partial charge on any atom is -0.365 e. The second kappa shape index (κ2) is 8.79. The third kappa shape index (κ3) is 4.44. The molecule has 4 heterocycles. The molecule has 4 aromatic heterocycles. The number of aromatic nitrogens is 4. The topological polar surface area (TPSA) is 63.6 Å². The van der Waals surface area contributed by atoms with Crippen molar-refractivity contribution in [2.24, 2.45) is 0 Å². The van der Waals surface area contributed by atoms with Crippen molar-refractivity contribution in [2.75, 3.05) is 5.32 Å². The number of nitrogens with zero attached hydrogens (tertiary/aromatic N) is 4. The molecule has 0 unspecified atom stereocenters. The normalized spacial score (nSPS) is 11.0. The first-order chi connectivity index (χ1) is 16.1. The molecule has 0 spiro atoms. The molecule has 162 valence electrons. The van der Waals surface area contributed by atoms with Crippen molar-refractivity contribution in [1.29, 1.82) is 0 Å². The van der Waals surface area contributed by atoms with E-state index in [2.05, 4.69) is 68.6 Å². The van der Waals surface area contributed by atoms with E-state index in [1.165, 1.54) is 22.3 Å². The summed E-state index contributed by atoms with van der Waals surface area (Å²) in [4.78, 5) is 17.8. The van der Waals surface area contributed by atoms with Crippen molar-refractivity contribution >= 4 is 16.6 Å². The lowest BCUT2D eigenvalue weighted by Gasteiger charge is -2.12. The van der Waals surface area contributed by atoms with Crippen LogP contribution < -0.4 is 5.32 Å². The van der Waals surface area contributed by atoms with Gasteiger partial charge in [-0.25, -0.2) is 4.98 Å². The lowest BCUT2D eigenvalue weighted by Crippen LogP contribution is -2.03. The van der Waals surface area contributed by atoms with E-state index in [0.29, 0.717) is 6.54 Å². The second-order valence-corrected chi connectivity index (χ2v) is 8.32. The maximum absolute atomic E-state index is 4.69. The molecule has 0 aliphatic heterocycles. The van der Waals surface area contributed by atoms with Gasteiger partial charge in [0.15, 0.2) is 0 Å². The van der Waals surface area contributed by atoms with Crippen LogP contribution in [0.25, 0.3) is 33.2 Å². The maximum atomic E-state index is 4.69. The van der Waals surface area contributed by atoms with Gasteiger partial charge in [0, 0.05) is 53.7 Å². The number of anilines is 1. The van der Waals surface area contributed by atoms with Crippen molar-refractivity contribution < 1.29 is 0 Å². The lowest BCUT2D eigenvalue weighted by atomic mass is 9.98. The molecule has 0 radical (unpaired) electrons. The van der Waals surface area contributed by atoms with E-state index < -0.39 is 0 Å². The van der Waals surface area contributed by atoms with Crippen LogP contribution in [0.4, 0.5) is 5.82 Å². The van der Waals surface area contributed by atoms with E-state index in [9.17, 15) is 0 Å². The molecule has 0 amide bonds. The van der Waals surface area contributed by atoms with Crippen LogP contribution in [0.1, 0.15) is 22.5 Å². The summed E-state index contributed by atoms with van der Waals surface area (Å²) in [6.45, 7) is 6.85. The fraction of sp³-hybridized carbons (Fsp3) is 0.143. The van der Waals surface area contributed by atoms with Crippen molar-refractivity contribution in [3.8, 4) is 22.4 Å². The zero-order chi connectivity index (χ0) is 22.8. The summed E-state index contributed by atoms with van der Waals surface area (Å²) in [7, 11) is 0. The van der Waals surface area contributed by atoms with E-state index in [1.54, 1.807) is 0 Å². The summed E-state index contributed by atoms with van der Waals surface area (Å²) >= 11 is 0. The van der Waals surface area contributed by atoms with Gasteiger partial charge in [0.1, 0.15) is 5.82 Å². The molecule has 5 heteroatoms. The Balaban J connectivity index is 1.38. The van der Waals surface area contributed by atoms with E-state index in [1.807, 2.05) is 56.8 Å². The van der Waals surface area contributed by atoms with E-state index in [0.717, 1.165) is 39.2 Å². The highest BCUT2D eigenvalue weighted by Crippen LogP contribution is 2.27. The van der Waals surface area contributed by atoms with Crippen LogP contribution in [0.15, 0.2) is 79.4 Å². The van der Waals surface area contributed by atoms with Gasteiger partial charge in [0.25, 0.3) is 0 Å². The number of rotatable bonds is 5. The summed E-state index contributed by atoms with van der Waals surface area (Å²) in [5, 5.41) is 5.61. The quantitative estimate of drug-likeness (QED) is 0.354. The zero-order valence-corrected chi connectivity index (χ0v) is 19.0. The minimum atomic E-state index is 0.688. The van der Waals surface area contributed by atoms with E-state index in [4.69, 9.17) is 0 Å². The SMILES string of the molecule is Cc1cc(-c2cc3ccnc(NCc4ccc(-c5ccnc(C)c5)c(C)c4)c3cn2)ccn1. The van der Waals surface area contributed by atoms with Crippen LogP contribution in [0, 0.1) is 20.8 Å². The summed E-state index contributed by atoms with van der Waals surface area (Å²) in [6, 6.07) is 18.9. The van der Waals surface area contributed by atoms with E-state index in [-0.39, 0.29) is 0 Å². The molecule has 5 nitrogen and oxygen atoms in total. The van der Waals surface area contributed by atoms with Gasteiger partial charge in [0.05, 0.1) is 5.69 Å². The van der Waals surface area contributed by atoms with Gasteiger partial charge in [0.2, 0.25) is 0 Å². The van der Waals surface area contributed by atoms with Crippen molar-refractivity contribution in [2.45, 2.75) is 27.3 Å². The highest BCUT2D eigenvalue weighted by atomic mass is 15.0. The molecule has 0 aliphatic carbocycles. The minimum absolute atomic E-state index is 0.688. The molecule has 0 saturated carbocycles. The lowest BCUT2D eigenvalue weighted by molar-refractivity contribution is 1.11. The average molecular weight is 432 g/mol. The zero-order valence-electron chi connectivity index (χ0n) is 19.0. The fourth-order valence-electron chi connectivity index (χ4n) is 4.13. The van der Waals surface area contributed by atoms with Crippen molar-refractivity contribution in [3.05, 3.63) is 102 Å². The molecule has 0 bridgehead atoms. The van der Waals surface area contributed by atoms with Gasteiger partial charge in [-0.15, -0.1) is 0 Å². The van der Waals surface area contributed by atoms with Gasteiger partial charge in [-0.1, -0.05) is 18.2 Å². The molecule has 1 N–H and O–H groups in total. The Morgan fingerprint density at radius 1 is 0.697 bits per heavy atom. The van der Waals surface area contributed by atoms with Crippen LogP contribution >= 0.6 is 0 Å². The predicted molar refractivity (Wildman–Crippen MR) is 134 cm³/mol. The number of benzene rings is 1. The van der Waals surface area contributed by atoms with E-state index >= 15 is 0 Å². The highest BCUT2D eigenvalue weighted by molar-refractivity contribution is 5.93. The number of hydrogen-bond acceptors (Lipinski definition) is 5. The molecule has 5 aromatic rings. The predicted octanol–water partition coefficient (Wildman–Crippen LogP) is 6.29. The van der Waals surface area contributed by atoms with Crippen LogP contribution in [0.5, 0.6) is 0 Å². The fourth-order valence-corrected chi connectivity index (χ4v) is 4.13. The Morgan fingerprint density at radius 3 is 2.18 bits per heavy atom. The molecule has 0 saturated heterocycles. The first kappa shape index (κ1) is 20.8. The van der Waals surface area contributed by atoms with Gasteiger partial charge in [-0.2, -0.15) is 0 Å². The van der Waals surface area contributed by atoms with Gasteiger partial charge >= 0.3 is 0 Å². The Labute approximate surface area is 193 Å². The van der Waals surface area contributed by atoms with Crippen molar-refractivity contribution in [3.63, 3.8) is 0 Å². The van der Waals surface area contributed by atoms with Gasteiger partial charge in [-0.3, -0.25) is 15.0 Å². The Hall–Kier alpha value is -4.12. The number of nitrogens with one attached hydrogen (secondary N) is 1. The molecule has 0 aliphatic rings.